The number of carbonyl (C=O) groups is 1. The first-order valence-electron chi connectivity index (χ1n) is 7.20. The SMILES string of the molecule is CCc1cccc(NC(=S)NNC(=O)c2cccc([N+](=O)[O-])c2)c1. The second-order valence-corrected chi connectivity index (χ2v) is 5.30. The first kappa shape index (κ1) is 17.4. The van der Waals surface area contributed by atoms with Gasteiger partial charge in [0.25, 0.3) is 11.6 Å². The van der Waals surface area contributed by atoms with Gasteiger partial charge in [-0.25, -0.2) is 0 Å². The highest BCUT2D eigenvalue weighted by Gasteiger charge is 2.11. The normalized spacial score (nSPS) is 9.88. The van der Waals surface area contributed by atoms with Crippen LogP contribution < -0.4 is 16.2 Å². The van der Waals surface area contributed by atoms with Crippen LogP contribution in [0, 0.1) is 10.1 Å². The predicted octanol–water partition coefficient (Wildman–Crippen LogP) is 2.79. The van der Waals surface area contributed by atoms with Gasteiger partial charge in [-0.15, -0.1) is 0 Å². The molecular weight excluding hydrogens is 328 g/mol. The number of rotatable bonds is 4. The molecule has 0 radical (unpaired) electrons. The van der Waals surface area contributed by atoms with E-state index >= 15 is 0 Å². The maximum Gasteiger partial charge on any atom is 0.270 e. The number of hydrogen-bond acceptors (Lipinski definition) is 4. The van der Waals surface area contributed by atoms with E-state index in [0.717, 1.165) is 17.7 Å². The topological polar surface area (TPSA) is 96.3 Å². The highest BCUT2D eigenvalue weighted by atomic mass is 32.1. The van der Waals surface area contributed by atoms with Crippen LogP contribution in [0.2, 0.25) is 0 Å². The summed E-state index contributed by atoms with van der Waals surface area (Å²) in [5.74, 6) is -0.523. The molecule has 7 nitrogen and oxygen atoms in total. The van der Waals surface area contributed by atoms with Crippen molar-refractivity contribution in [2.45, 2.75) is 13.3 Å². The molecule has 0 aliphatic carbocycles. The predicted molar refractivity (Wildman–Crippen MR) is 95.7 cm³/mol. The largest absolute Gasteiger partial charge is 0.331 e. The average molecular weight is 344 g/mol. The number of carbonyl (C=O) groups excluding carboxylic acids is 1. The van der Waals surface area contributed by atoms with Crippen LogP contribution in [0.3, 0.4) is 0 Å². The summed E-state index contributed by atoms with van der Waals surface area (Å²) in [7, 11) is 0. The molecule has 1 amide bonds. The number of nitrogens with zero attached hydrogens (tertiary/aromatic N) is 1. The third kappa shape index (κ3) is 4.75. The summed E-state index contributed by atoms with van der Waals surface area (Å²) in [6, 6.07) is 13.2. The van der Waals surface area contributed by atoms with Gasteiger partial charge >= 0.3 is 0 Å². The lowest BCUT2D eigenvalue weighted by molar-refractivity contribution is -0.384. The van der Waals surface area contributed by atoms with E-state index in [0.29, 0.717) is 0 Å². The van der Waals surface area contributed by atoms with Crippen molar-refractivity contribution < 1.29 is 9.72 Å². The van der Waals surface area contributed by atoms with Crippen LogP contribution in [-0.4, -0.2) is 15.9 Å². The number of amides is 1. The van der Waals surface area contributed by atoms with E-state index in [2.05, 4.69) is 23.1 Å². The number of nitro groups is 1. The summed E-state index contributed by atoms with van der Waals surface area (Å²) in [4.78, 5) is 22.2. The lowest BCUT2D eigenvalue weighted by atomic mass is 10.1. The van der Waals surface area contributed by atoms with Crippen molar-refractivity contribution >= 4 is 34.6 Å². The number of benzene rings is 2. The zero-order valence-corrected chi connectivity index (χ0v) is 13.7. The number of thiocarbonyl (C=S) groups is 1. The molecule has 0 aliphatic rings. The average Bonchev–Trinajstić information content (AvgIpc) is 2.60. The number of anilines is 1. The molecule has 124 valence electrons. The van der Waals surface area contributed by atoms with E-state index in [1.165, 1.54) is 24.3 Å². The molecule has 0 heterocycles. The number of non-ortho nitro benzene ring substituents is 1. The summed E-state index contributed by atoms with van der Waals surface area (Å²) in [5.41, 5.74) is 6.93. The fourth-order valence-corrected chi connectivity index (χ4v) is 2.15. The van der Waals surface area contributed by atoms with Gasteiger partial charge in [-0.3, -0.25) is 25.8 Å². The zero-order chi connectivity index (χ0) is 17.5. The molecule has 0 saturated carbocycles. The molecule has 0 atom stereocenters. The van der Waals surface area contributed by atoms with E-state index in [9.17, 15) is 14.9 Å². The van der Waals surface area contributed by atoms with Crippen LogP contribution in [0.1, 0.15) is 22.8 Å². The van der Waals surface area contributed by atoms with E-state index in [1.54, 1.807) is 0 Å². The lowest BCUT2D eigenvalue weighted by Crippen LogP contribution is -2.43. The maximum atomic E-state index is 12.0. The van der Waals surface area contributed by atoms with E-state index in [1.807, 2.05) is 24.3 Å². The van der Waals surface area contributed by atoms with E-state index < -0.39 is 10.8 Å². The lowest BCUT2D eigenvalue weighted by Gasteiger charge is -2.12. The Morgan fingerprint density at radius 3 is 2.62 bits per heavy atom. The monoisotopic (exact) mass is 344 g/mol. The van der Waals surface area contributed by atoms with Crippen molar-refractivity contribution in [1.29, 1.82) is 0 Å². The molecule has 0 aromatic heterocycles. The van der Waals surface area contributed by atoms with Crippen molar-refractivity contribution in [1.82, 2.24) is 10.9 Å². The first-order chi connectivity index (χ1) is 11.5. The standard InChI is InChI=1S/C16H16N4O3S/c1-2-11-5-3-7-13(9-11)17-16(24)19-18-15(21)12-6-4-8-14(10-12)20(22)23/h3-10H,2H2,1H3,(H,18,21)(H2,17,19,24). The van der Waals surface area contributed by atoms with E-state index in [4.69, 9.17) is 12.2 Å². The quantitative estimate of drug-likeness (QED) is 0.448. The van der Waals surface area contributed by atoms with E-state index in [-0.39, 0.29) is 16.4 Å². The molecule has 0 fully saturated rings. The third-order valence-corrected chi connectivity index (χ3v) is 3.41. The van der Waals surface area contributed by atoms with Crippen molar-refractivity contribution in [2.75, 3.05) is 5.32 Å². The Hall–Kier alpha value is -3.00. The second-order valence-electron chi connectivity index (χ2n) is 4.89. The van der Waals surface area contributed by atoms with Crippen LogP contribution in [0.4, 0.5) is 11.4 Å². The zero-order valence-electron chi connectivity index (χ0n) is 12.9. The molecule has 2 aromatic carbocycles. The van der Waals surface area contributed by atoms with Crippen LogP contribution in [0.5, 0.6) is 0 Å². The smallest absolute Gasteiger partial charge is 0.270 e. The Morgan fingerprint density at radius 1 is 1.17 bits per heavy atom. The van der Waals surface area contributed by atoms with Gasteiger partial charge in [-0.1, -0.05) is 25.1 Å². The fourth-order valence-electron chi connectivity index (χ4n) is 1.98. The number of nitro benzene ring substituents is 1. The summed E-state index contributed by atoms with van der Waals surface area (Å²) in [5, 5.41) is 13.9. The third-order valence-electron chi connectivity index (χ3n) is 3.20. The van der Waals surface area contributed by atoms with Crippen molar-refractivity contribution in [3.8, 4) is 0 Å². The summed E-state index contributed by atoms with van der Waals surface area (Å²) in [6.45, 7) is 2.05. The minimum absolute atomic E-state index is 0.153. The molecule has 0 spiro atoms. The molecular formula is C16H16N4O3S. The van der Waals surface area contributed by atoms with Gasteiger partial charge in [-0.05, 0) is 42.4 Å². The van der Waals surface area contributed by atoms with Crippen molar-refractivity contribution in [3.05, 3.63) is 69.8 Å². The van der Waals surface area contributed by atoms with Crippen LogP contribution in [0.15, 0.2) is 48.5 Å². The Labute approximate surface area is 144 Å². The maximum absolute atomic E-state index is 12.0. The Balaban J connectivity index is 1.92. The fraction of sp³-hybridized carbons (Fsp3) is 0.125. The highest BCUT2D eigenvalue weighted by molar-refractivity contribution is 7.80. The number of aryl methyl sites for hydroxylation is 1. The van der Waals surface area contributed by atoms with Crippen molar-refractivity contribution in [3.63, 3.8) is 0 Å². The minimum Gasteiger partial charge on any atom is -0.331 e. The number of nitrogens with one attached hydrogen (secondary N) is 3. The number of hydrazine groups is 1. The minimum atomic E-state index is -0.558. The van der Waals surface area contributed by atoms with Gasteiger partial charge in [0, 0.05) is 23.4 Å². The molecule has 0 unspecified atom stereocenters. The summed E-state index contributed by atoms with van der Waals surface area (Å²) in [6.07, 6.45) is 0.902. The molecule has 3 N–H and O–H groups in total. The van der Waals surface area contributed by atoms with Crippen LogP contribution in [-0.2, 0) is 6.42 Å². The molecule has 2 aromatic rings. The molecule has 0 aliphatic heterocycles. The Bertz CT molecular complexity index is 779. The molecule has 24 heavy (non-hydrogen) atoms. The number of hydrogen-bond donors (Lipinski definition) is 3. The first-order valence-corrected chi connectivity index (χ1v) is 7.61. The second kappa shape index (κ2) is 8.02. The highest BCUT2D eigenvalue weighted by Crippen LogP contribution is 2.13. The Morgan fingerprint density at radius 2 is 1.92 bits per heavy atom. The molecule has 2 rings (SSSR count). The van der Waals surface area contributed by atoms with Gasteiger partial charge in [0.2, 0.25) is 0 Å². The Kier molecular flexibility index (Phi) is 5.80. The summed E-state index contributed by atoms with van der Waals surface area (Å²) >= 11 is 5.11. The summed E-state index contributed by atoms with van der Waals surface area (Å²) < 4.78 is 0. The van der Waals surface area contributed by atoms with Gasteiger partial charge in [0.15, 0.2) is 5.11 Å². The molecule has 0 bridgehead atoms. The van der Waals surface area contributed by atoms with Gasteiger partial charge in [-0.2, -0.15) is 0 Å². The van der Waals surface area contributed by atoms with Gasteiger partial charge in [0.1, 0.15) is 0 Å². The van der Waals surface area contributed by atoms with Crippen LogP contribution >= 0.6 is 12.2 Å². The van der Waals surface area contributed by atoms with Crippen LogP contribution in [0.25, 0.3) is 0 Å². The van der Waals surface area contributed by atoms with Gasteiger partial charge < -0.3 is 5.32 Å². The van der Waals surface area contributed by atoms with Crippen molar-refractivity contribution in [2.24, 2.45) is 0 Å². The molecule has 0 saturated heterocycles. The molecule has 8 heteroatoms. The van der Waals surface area contributed by atoms with Gasteiger partial charge in [0.05, 0.1) is 4.92 Å².